The van der Waals surface area contributed by atoms with E-state index in [-0.39, 0.29) is 165 Å². The van der Waals surface area contributed by atoms with Crippen LogP contribution in [0.15, 0.2) is 0 Å². The molecule has 14 heteroatoms. The first kappa shape index (κ1) is 36.3. The van der Waals surface area contributed by atoms with Crippen LogP contribution in [-0.2, 0) is 28.7 Å². The van der Waals surface area contributed by atoms with Crippen LogP contribution in [0.5, 0.6) is 0 Å². The molecule has 0 aromatic heterocycles. The molecule has 0 aromatic carbocycles. The maximum Gasteiger partial charge on any atom is 1.00 e. The first-order valence-corrected chi connectivity index (χ1v) is 8.00. The Morgan fingerprint density at radius 1 is 0.643 bits per heavy atom. The number of carboxylic acid groups (broad SMARTS) is 4. The van der Waals surface area contributed by atoms with Gasteiger partial charge in [0, 0.05) is 24.8 Å². The van der Waals surface area contributed by atoms with Crippen molar-refractivity contribution in [2.75, 3.05) is 13.2 Å². The van der Waals surface area contributed by atoms with E-state index in [1.54, 1.807) is 0 Å². The number of carbonyl (C=O) groups excluding carboxylic acids is 2. The van der Waals surface area contributed by atoms with Crippen LogP contribution in [0.3, 0.4) is 0 Å². The zero-order valence-corrected chi connectivity index (χ0v) is 23.5. The molecule has 0 heterocycles. The molecule has 0 aromatic rings. The van der Waals surface area contributed by atoms with Crippen molar-refractivity contribution in [2.24, 2.45) is 0 Å². The Bertz CT molecular complexity index is 482. The van der Waals surface area contributed by atoms with E-state index in [0.29, 0.717) is 0 Å². The third kappa shape index (κ3) is 34.4. The van der Waals surface area contributed by atoms with E-state index >= 15 is 0 Å². The van der Waals surface area contributed by atoms with Crippen LogP contribution in [0.2, 0.25) is 0 Å². The minimum Gasteiger partial charge on any atom is -0.550 e. The van der Waals surface area contributed by atoms with Crippen LogP contribution in [0.1, 0.15) is 38.5 Å². The second kappa shape index (κ2) is 24.2. The molecule has 28 heavy (non-hydrogen) atoms. The van der Waals surface area contributed by atoms with E-state index in [9.17, 15) is 29.4 Å². The Hall–Kier alpha value is 0.933. The summed E-state index contributed by atoms with van der Waals surface area (Å²) in [5, 5.41) is 36.6. The van der Waals surface area contributed by atoms with Gasteiger partial charge in [-0.25, -0.2) is 0 Å². The van der Waals surface area contributed by atoms with Crippen LogP contribution in [0, 0.1) is 0 Å². The number of aliphatic carboxylic acids is 4. The Balaban J connectivity index is -0.000000192. The number of carboxylic acids is 4. The molecule has 0 rings (SSSR count). The van der Waals surface area contributed by atoms with Crippen molar-refractivity contribution in [1.82, 2.24) is 0 Å². The number of hydrogen-bond acceptors (Lipinski definition) is 10. The molecule has 0 atom stereocenters. The molecule has 0 amide bonds. The fraction of sp³-hybridized carbons (Fsp3) is 0.571. The zero-order valence-electron chi connectivity index (χ0n) is 15.6. The Morgan fingerprint density at radius 3 is 1.14 bits per heavy atom. The van der Waals surface area contributed by atoms with Crippen molar-refractivity contribution < 1.29 is 152 Å². The maximum absolute atomic E-state index is 10.0. The molecule has 10 nitrogen and oxygen atoms in total. The van der Waals surface area contributed by atoms with E-state index in [1.165, 1.54) is 0 Å². The number of ether oxygens (including phenoxy) is 2. The van der Waals surface area contributed by atoms with Crippen molar-refractivity contribution in [3.05, 3.63) is 0 Å². The maximum atomic E-state index is 10.0. The van der Waals surface area contributed by atoms with Crippen molar-refractivity contribution in [2.45, 2.75) is 38.5 Å². The first-order chi connectivity index (χ1) is 12.0. The topological polar surface area (TPSA) is 173 Å². The molecule has 0 saturated heterocycles. The van der Waals surface area contributed by atoms with Crippen molar-refractivity contribution in [1.29, 1.82) is 0 Å². The first-order valence-electron chi connectivity index (χ1n) is 7.19. The monoisotopic (exact) mass is 488 g/mol. The van der Waals surface area contributed by atoms with Gasteiger partial charge >= 0.3 is 115 Å². The van der Waals surface area contributed by atoms with Gasteiger partial charge in [-0.1, -0.05) is 0 Å². The van der Waals surface area contributed by atoms with Gasteiger partial charge in [0.15, 0.2) is 10.1 Å². The average molecular weight is 489 g/mol. The second-order valence-electron chi connectivity index (χ2n) is 4.47. The molecule has 0 aliphatic heterocycles. The Morgan fingerprint density at radius 2 is 0.929 bits per heavy atom. The van der Waals surface area contributed by atoms with Crippen LogP contribution < -0.4 is 113 Å². The predicted octanol–water partition coefficient (Wildman–Crippen LogP) is -7.32. The van der Waals surface area contributed by atoms with E-state index in [1.807, 2.05) is 0 Å². The summed E-state index contributed by atoms with van der Waals surface area (Å²) in [5.74, 6) is -4.38. The van der Waals surface area contributed by atoms with E-state index in [0.717, 1.165) is 0 Å². The Labute approximate surface area is 257 Å². The number of thiocarbonyl (C=S) groups is 2. The van der Waals surface area contributed by atoms with Gasteiger partial charge in [0.2, 0.25) is 0 Å². The van der Waals surface area contributed by atoms with Crippen LogP contribution >= 0.6 is 24.4 Å². The molecule has 0 radical (unpaired) electrons. The van der Waals surface area contributed by atoms with Gasteiger partial charge in [-0.05, 0) is 37.3 Å². The third-order valence-electron chi connectivity index (χ3n) is 2.22. The predicted molar refractivity (Wildman–Crippen MR) is 90.1 cm³/mol. The van der Waals surface area contributed by atoms with Gasteiger partial charge in [-0.2, -0.15) is 0 Å². The van der Waals surface area contributed by atoms with E-state index in [2.05, 4.69) is 24.4 Å². The zero-order chi connectivity index (χ0) is 20.5. The standard InChI is InChI=1S/2C7H10O5S.2K/c2*8-5(9)1-2-7(13)12-4-3-6(10)11;;/h2*1-4H2,(H,8,9)(H,10,11);;/q;;2*+1/p-2. The SMILES string of the molecule is O=C([O-])CCC(=S)OCCC(=O)O.O=C([O-])CCC(=S)OCCC(=O)O.[K+].[K+]. The van der Waals surface area contributed by atoms with Crippen molar-refractivity contribution in [3.8, 4) is 0 Å². The molecule has 0 aliphatic rings. The summed E-state index contributed by atoms with van der Waals surface area (Å²) in [4.78, 5) is 40.0. The van der Waals surface area contributed by atoms with Gasteiger partial charge < -0.3 is 39.5 Å². The molecule has 148 valence electrons. The second-order valence-corrected chi connectivity index (χ2v) is 5.38. The van der Waals surface area contributed by atoms with Crippen LogP contribution in [0.25, 0.3) is 0 Å². The molecule has 0 spiro atoms. The Kier molecular flexibility index (Phi) is 31.4. The van der Waals surface area contributed by atoms with Gasteiger partial charge in [0.25, 0.3) is 0 Å². The number of rotatable bonds is 12. The average Bonchev–Trinajstić information content (AvgIpc) is 2.51. The minimum atomic E-state index is -1.20. The molecular weight excluding hydrogens is 470 g/mol. The molecule has 0 unspecified atom stereocenters. The van der Waals surface area contributed by atoms with Gasteiger partial charge in [-0.3, -0.25) is 9.59 Å². The molecule has 0 bridgehead atoms. The smallest absolute Gasteiger partial charge is 0.550 e. The van der Waals surface area contributed by atoms with E-state index in [4.69, 9.17) is 19.7 Å². The number of carbonyl (C=O) groups is 4. The van der Waals surface area contributed by atoms with Gasteiger partial charge in [0.1, 0.15) is 0 Å². The number of hydrogen-bond donors (Lipinski definition) is 2. The summed E-state index contributed by atoms with van der Waals surface area (Å²) in [6.07, 6.45) is -0.538. The summed E-state index contributed by atoms with van der Waals surface area (Å²) in [5.41, 5.74) is 0. The van der Waals surface area contributed by atoms with Crippen LogP contribution in [0.4, 0.5) is 0 Å². The summed E-state index contributed by atoms with van der Waals surface area (Å²) < 4.78 is 9.53. The van der Waals surface area contributed by atoms with Gasteiger partial charge in [0.05, 0.1) is 26.1 Å². The molecule has 2 N–H and O–H groups in total. The largest absolute Gasteiger partial charge is 1.00 e. The quantitative estimate of drug-likeness (QED) is 0.196. The van der Waals surface area contributed by atoms with Gasteiger partial charge in [-0.15, -0.1) is 0 Å². The minimum absolute atomic E-state index is 0. The van der Waals surface area contributed by atoms with Crippen molar-refractivity contribution in [3.63, 3.8) is 0 Å². The van der Waals surface area contributed by atoms with Crippen LogP contribution in [-0.4, -0.2) is 57.4 Å². The fourth-order valence-corrected chi connectivity index (χ4v) is 1.43. The summed E-state index contributed by atoms with van der Waals surface area (Å²) in [6.45, 7) is -0.0531. The summed E-state index contributed by atoms with van der Waals surface area (Å²) in [7, 11) is 0. The third-order valence-corrected chi connectivity index (χ3v) is 2.87. The summed E-state index contributed by atoms with van der Waals surface area (Å²) >= 11 is 9.24. The van der Waals surface area contributed by atoms with E-state index < -0.39 is 23.9 Å². The molecule has 0 saturated carbocycles. The van der Waals surface area contributed by atoms with Crippen molar-refractivity contribution >= 4 is 58.4 Å². The molecule has 0 aliphatic carbocycles. The summed E-state index contributed by atoms with van der Waals surface area (Å²) in [6, 6.07) is 0. The molecular formula is C14H18K2O10S2. The normalized spacial score (nSPS) is 8.57. The molecule has 0 fully saturated rings. The fourth-order valence-electron chi connectivity index (χ4n) is 1.06.